The molecule has 1 fully saturated rings. The van der Waals surface area contributed by atoms with Crippen molar-refractivity contribution < 1.29 is 9.90 Å². The number of aliphatic hydroxyl groups excluding tert-OH is 1. The summed E-state index contributed by atoms with van der Waals surface area (Å²) in [7, 11) is 0. The Kier molecular flexibility index (Phi) is 3.53. The summed E-state index contributed by atoms with van der Waals surface area (Å²) in [5.41, 5.74) is 0. The number of aliphatic hydroxyl groups is 1. The fourth-order valence-corrected chi connectivity index (χ4v) is 1.78. The molecule has 0 radical (unpaired) electrons. The summed E-state index contributed by atoms with van der Waals surface area (Å²) in [5.74, 6) is 0.525. The molecule has 0 aromatic heterocycles. The number of nitrogens with one attached hydrogen (secondary N) is 1. The monoisotopic (exact) mass is 171 g/mol. The molecule has 3 heteroatoms. The topological polar surface area (TPSA) is 49.3 Å². The van der Waals surface area contributed by atoms with Crippen LogP contribution in [0, 0.1) is 5.92 Å². The molecular formula is C9H17NO2. The van der Waals surface area contributed by atoms with Crippen LogP contribution in [-0.2, 0) is 4.79 Å². The maximum Gasteiger partial charge on any atom is 0.217 e. The Morgan fingerprint density at radius 3 is 2.42 bits per heavy atom. The first-order chi connectivity index (χ1) is 5.72. The number of amides is 1. The molecule has 0 aromatic carbocycles. The molecule has 0 heterocycles. The van der Waals surface area contributed by atoms with Crippen molar-refractivity contribution in [1.29, 1.82) is 0 Å². The minimum atomic E-state index is 0.0578. The predicted molar refractivity (Wildman–Crippen MR) is 46.6 cm³/mol. The molecule has 2 N–H and O–H groups in total. The third-order valence-corrected chi connectivity index (χ3v) is 2.51. The van der Waals surface area contributed by atoms with Gasteiger partial charge in [0.2, 0.25) is 5.91 Å². The van der Waals surface area contributed by atoms with E-state index in [4.69, 9.17) is 5.11 Å². The minimum absolute atomic E-state index is 0.0578. The van der Waals surface area contributed by atoms with Gasteiger partial charge in [0.15, 0.2) is 0 Å². The SMILES string of the molecule is CC(=O)N[C@H]1CC[C@H](CO)CC1. The Bertz CT molecular complexity index is 151. The van der Waals surface area contributed by atoms with Crippen LogP contribution in [0.1, 0.15) is 32.6 Å². The van der Waals surface area contributed by atoms with Crippen molar-refractivity contribution in [1.82, 2.24) is 5.32 Å². The Morgan fingerprint density at radius 2 is 2.00 bits per heavy atom. The Hall–Kier alpha value is -0.570. The van der Waals surface area contributed by atoms with Crippen molar-refractivity contribution in [2.45, 2.75) is 38.6 Å². The minimum Gasteiger partial charge on any atom is -0.396 e. The van der Waals surface area contributed by atoms with E-state index in [1.165, 1.54) is 0 Å². The van der Waals surface area contributed by atoms with Gasteiger partial charge in [-0.25, -0.2) is 0 Å². The second-order valence-electron chi connectivity index (χ2n) is 3.60. The highest BCUT2D eigenvalue weighted by atomic mass is 16.3. The molecule has 70 valence electrons. The number of hydrogen-bond acceptors (Lipinski definition) is 2. The molecule has 0 atom stereocenters. The summed E-state index contributed by atoms with van der Waals surface area (Å²) in [6.07, 6.45) is 4.12. The van der Waals surface area contributed by atoms with E-state index in [0.29, 0.717) is 18.6 Å². The first kappa shape index (κ1) is 9.52. The van der Waals surface area contributed by atoms with Crippen LogP contribution in [0.3, 0.4) is 0 Å². The zero-order valence-electron chi connectivity index (χ0n) is 7.55. The van der Waals surface area contributed by atoms with Crippen LogP contribution in [0.4, 0.5) is 0 Å². The van der Waals surface area contributed by atoms with Crippen LogP contribution in [-0.4, -0.2) is 23.7 Å². The molecule has 0 unspecified atom stereocenters. The Morgan fingerprint density at radius 1 is 1.42 bits per heavy atom. The molecule has 0 spiro atoms. The van der Waals surface area contributed by atoms with Gasteiger partial charge in [-0.1, -0.05) is 0 Å². The molecule has 1 saturated carbocycles. The normalized spacial score (nSPS) is 29.8. The lowest BCUT2D eigenvalue weighted by Crippen LogP contribution is -2.36. The van der Waals surface area contributed by atoms with Gasteiger partial charge in [-0.05, 0) is 31.6 Å². The van der Waals surface area contributed by atoms with Crippen LogP contribution < -0.4 is 5.32 Å². The van der Waals surface area contributed by atoms with Crippen molar-refractivity contribution >= 4 is 5.91 Å². The zero-order valence-corrected chi connectivity index (χ0v) is 7.55. The maximum absolute atomic E-state index is 10.7. The van der Waals surface area contributed by atoms with Gasteiger partial charge in [0.25, 0.3) is 0 Å². The Balaban J connectivity index is 2.21. The average molecular weight is 171 g/mol. The first-order valence-electron chi connectivity index (χ1n) is 4.60. The molecular weight excluding hydrogens is 154 g/mol. The Labute approximate surface area is 73.2 Å². The van der Waals surface area contributed by atoms with Crippen molar-refractivity contribution in [3.05, 3.63) is 0 Å². The van der Waals surface area contributed by atoms with E-state index in [1.54, 1.807) is 6.92 Å². The summed E-state index contributed by atoms with van der Waals surface area (Å²) in [6.45, 7) is 1.85. The van der Waals surface area contributed by atoms with E-state index in [0.717, 1.165) is 25.7 Å². The van der Waals surface area contributed by atoms with Crippen molar-refractivity contribution in [2.24, 2.45) is 5.92 Å². The zero-order chi connectivity index (χ0) is 8.97. The lowest BCUT2D eigenvalue weighted by Gasteiger charge is -2.27. The van der Waals surface area contributed by atoms with E-state index in [2.05, 4.69) is 5.32 Å². The van der Waals surface area contributed by atoms with E-state index in [9.17, 15) is 4.79 Å². The number of rotatable bonds is 2. The second kappa shape index (κ2) is 4.45. The highest BCUT2D eigenvalue weighted by Gasteiger charge is 2.20. The molecule has 0 aliphatic heterocycles. The molecule has 1 aliphatic rings. The maximum atomic E-state index is 10.7. The highest BCUT2D eigenvalue weighted by Crippen LogP contribution is 2.23. The largest absolute Gasteiger partial charge is 0.396 e. The van der Waals surface area contributed by atoms with Crippen molar-refractivity contribution in [3.8, 4) is 0 Å². The summed E-state index contributed by atoms with van der Waals surface area (Å²) in [6, 6.07) is 0.352. The average Bonchev–Trinajstić information content (AvgIpc) is 2.05. The van der Waals surface area contributed by atoms with E-state index in [-0.39, 0.29) is 5.91 Å². The lowest BCUT2D eigenvalue weighted by atomic mass is 9.86. The highest BCUT2D eigenvalue weighted by molar-refractivity contribution is 5.73. The lowest BCUT2D eigenvalue weighted by molar-refractivity contribution is -0.119. The van der Waals surface area contributed by atoms with Crippen LogP contribution >= 0.6 is 0 Å². The fourth-order valence-electron chi connectivity index (χ4n) is 1.78. The molecule has 12 heavy (non-hydrogen) atoms. The van der Waals surface area contributed by atoms with Gasteiger partial charge in [-0.2, -0.15) is 0 Å². The van der Waals surface area contributed by atoms with Gasteiger partial charge >= 0.3 is 0 Å². The quantitative estimate of drug-likeness (QED) is 0.641. The smallest absolute Gasteiger partial charge is 0.217 e. The van der Waals surface area contributed by atoms with Gasteiger partial charge in [0, 0.05) is 19.6 Å². The molecule has 1 amide bonds. The van der Waals surface area contributed by atoms with Crippen LogP contribution in [0.2, 0.25) is 0 Å². The third-order valence-electron chi connectivity index (χ3n) is 2.51. The van der Waals surface area contributed by atoms with Gasteiger partial charge in [-0.15, -0.1) is 0 Å². The molecule has 0 saturated heterocycles. The van der Waals surface area contributed by atoms with Crippen LogP contribution in [0.25, 0.3) is 0 Å². The third kappa shape index (κ3) is 2.81. The fraction of sp³-hybridized carbons (Fsp3) is 0.889. The standard InChI is InChI=1S/C9H17NO2/c1-7(12)10-9-4-2-8(6-11)3-5-9/h8-9,11H,2-6H2,1H3,(H,10,12)/t8-,9-. The number of carbonyl (C=O) groups is 1. The summed E-state index contributed by atoms with van der Waals surface area (Å²) >= 11 is 0. The molecule has 1 rings (SSSR count). The van der Waals surface area contributed by atoms with E-state index >= 15 is 0 Å². The van der Waals surface area contributed by atoms with Gasteiger partial charge in [0.1, 0.15) is 0 Å². The van der Waals surface area contributed by atoms with Crippen LogP contribution in [0.15, 0.2) is 0 Å². The first-order valence-corrected chi connectivity index (χ1v) is 4.60. The second-order valence-corrected chi connectivity index (χ2v) is 3.60. The van der Waals surface area contributed by atoms with Crippen molar-refractivity contribution in [2.75, 3.05) is 6.61 Å². The molecule has 0 aromatic rings. The summed E-state index contributed by atoms with van der Waals surface area (Å²) < 4.78 is 0. The number of carbonyl (C=O) groups excluding carboxylic acids is 1. The van der Waals surface area contributed by atoms with Crippen molar-refractivity contribution in [3.63, 3.8) is 0 Å². The van der Waals surface area contributed by atoms with E-state index < -0.39 is 0 Å². The summed E-state index contributed by atoms with van der Waals surface area (Å²) in [4.78, 5) is 10.7. The molecule has 1 aliphatic carbocycles. The van der Waals surface area contributed by atoms with E-state index in [1.807, 2.05) is 0 Å². The molecule has 3 nitrogen and oxygen atoms in total. The van der Waals surface area contributed by atoms with Crippen LogP contribution in [0.5, 0.6) is 0 Å². The summed E-state index contributed by atoms with van der Waals surface area (Å²) in [5, 5.41) is 11.8. The molecule has 0 bridgehead atoms. The number of hydrogen-bond donors (Lipinski definition) is 2. The van der Waals surface area contributed by atoms with Gasteiger partial charge in [0.05, 0.1) is 0 Å². The van der Waals surface area contributed by atoms with Gasteiger partial charge < -0.3 is 10.4 Å². The van der Waals surface area contributed by atoms with Gasteiger partial charge in [-0.3, -0.25) is 4.79 Å². The predicted octanol–water partition coefficient (Wildman–Crippen LogP) is 0.674.